The van der Waals surface area contributed by atoms with Gasteiger partial charge in [-0.3, -0.25) is 19.6 Å². The third-order valence-corrected chi connectivity index (χ3v) is 5.17. The molecule has 9 nitrogen and oxygen atoms in total. The summed E-state index contributed by atoms with van der Waals surface area (Å²) in [6, 6.07) is 6.68. The summed E-state index contributed by atoms with van der Waals surface area (Å²) in [6.45, 7) is 0. The van der Waals surface area contributed by atoms with Crippen molar-refractivity contribution in [3.8, 4) is 23.0 Å². The zero-order chi connectivity index (χ0) is 27.0. The van der Waals surface area contributed by atoms with Gasteiger partial charge >= 0.3 is 6.36 Å². The smallest absolute Gasteiger partial charge is 0.493 e. The van der Waals surface area contributed by atoms with Crippen LogP contribution in [0.25, 0.3) is 0 Å². The maximum atomic E-state index is 13.7. The highest BCUT2D eigenvalue weighted by molar-refractivity contribution is 6.06. The first kappa shape index (κ1) is 25.6. The predicted molar refractivity (Wildman–Crippen MR) is 117 cm³/mol. The van der Waals surface area contributed by atoms with E-state index in [-0.39, 0.29) is 39.9 Å². The normalized spacial score (nSPS) is 16.0. The van der Waals surface area contributed by atoms with Gasteiger partial charge in [-0.2, -0.15) is 0 Å². The highest BCUT2D eigenvalue weighted by Gasteiger charge is 2.58. The number of aromatic nitrogens is 2. The molecule has 0 radical (unpaired) electrons. The Hall–Kier alpha value is -4.49. The molecule has 2 amide bonds. The lowest BCUT2D eigenvalue weighted by atomic mass is 10.1. The molecule has 14 heteroatoms. The number of carbonyl (C=O) groups excluding carboxylic acids is 2. The maximum absolute atomic E-state index is 13.7. The summed E-state index contributed by atoms with van der Waals surface area (Å²) in [4.78, 5) is 32.1. The fraction of sp³-hybridized carbons (Fsp3) is 0.217. The summed E-state index contributed by atoms with van der Waals surface area (Å²) >= 11 is 0. The second kappa shape index (κ2) is 9.52. The number of primary amides is 1. The quantitative estimate of drug-likeness (QED) is 0.411. The largest absolute Gasteiger partial charge is 0.573 e. The van der Waals surface area contributed by atoms with Gasteiger partial charge in [0.25, 0.3) is 17.7 Å². The Kier molecular flexibility index (Phi) is 6.59. The molecule has 4 rings (SSSR count). The molecule has 1 aliphatic rings. The number of nitrogens with two attached hydrogens (primary N) is 1. The minimum absolute atomic E-state index is 0.0486. The average Bonchev–Trinajstić information content (AvgIpc) is 3.47. The van der Waals surface area contributed by atoms with Crippen molar-refractivity contribution in [3.05, 3.63) is 65.7 Å². The van der Waals surface area contributed by atoms with Crippen LogP contribution < -0.4 is 25.3 Å². The predicted octanol–water partition coefficient (Wildman–Crippen LogP) is 4.65. The second-order valence-corrected chi connectivity index (χ2v) is 7.83. The minimum atomic E-state index is -4.95. The van der Waals surface area contributed by atoms with Gasteiger partial charge in [-0.25, -0.2) is 8.78 Å². The molecule has 3 aromatic rings. The molecule has 1 saturated carbocycles. The van der Waals surface area contributed by atoms with Crippen molar-refractivity contribution in [2.24, 2.45) is 5.73 Å². The molecule has 1 fully saturated rings. The molecule has 0 saturated heterocycles. The topological polar surface area (TPSA) is 126 Å². The summed E-state index contributed by atoms with van der Waals surface area (Å²) in [6.07, 6.45) is -3.13. The van der Waals surface area contributed by atoms with E-state index in [1.165, 1.54) is 18.3 Å². The third-order valence-electron chi connectivity index (χ3n) is 5.17. The van der Waals surface area contributed by atoms with Crippen LogP contribution in [-0.2, 0) is 0 Å². The van der Waals surface area contributed by atoms with Crippen LogP contribution in [0, 0.1) is 0 Å². The number of hydrogen-bond acceptors (Lipinski definition) is 7. The Bertz CT molecular complexity index is 1370. The molecule has 2 aromatic heterocycles. The second-order valence-electron chi connectivity index (χ2n) is 7.83. The zero-order valence-electron chi connectivity index (χ0n) is 18.8. The van der Waals surface area contributed by atoms with E-state index in [1.807, 2.05) is 0 Å². The van der Waals surface area contributed by atoms with Crippen molar-refractivity contribution >= 4 is 17.5 Å². The van der Waals surface area contributed by atoms with E-state index in [4.69, 9.17) is 15.2 Å². The fourth-order valence-electron chi connectivity index (χ4n) is 3.32. The van der Waals surface area contributed by atoms with E-state index in [2.05, 4.69) is 20.0 Å². The van der Waals surface area contributed by atoms with Crippen molar-refractivity contribution in [3.63, 3.8) is 0 Å². The molecular weight excluding hydrogens is 507 g/mol. The molecule has 194 valence electrons. The molecule has 0 bridgehead atoms. The van der Waals surface area contributed by atoms with E-state index in [9.17, 15) is 31.5 Å². The molecule has 37 heavy (non-hydrogen) atoms. The van der Waals surface area contributed by atoms with Crippen LogP contribution in [-0.4, -0.2) is 41.2 Å². The lowest BCUT2D eigenvalue weighted by molar-refractivity contribution is -0.274. The van der Waals surface area contributed by atoms with Gasteiger partial charge in [0.05, 0.1) is 18.7 Å². The number of nitrogens with zero attached hydrogens (tertiary/aromatic N) is 2. The Morgan fingerprint density at radius 2 is 1.81 bits per heavy atom. The standard InChI is InChI=1S/C23H17F5N4O5/c1-35-19-7-12(37-23(26,27)28)2-3-17(19)36-18-8-15(14-9-22(14,24)25)31-10-13(18)21(34)32-11-4-5-30-16(6-11)20(29)33/h2-8,10,14H,9H2,1H3,(H2,29,33)(H,30,32,34). The van der Waals surface area contributed by atoms with Gasteiger partial charge in [-0.1, -0.05) is 0 Å². The minimum Gasteiger partial charge on any atom is -0.493 e. The molecule has 1 atom stereocenters. The van der Waals surface area contributed by atoms with Gasteiger partial charge in [0.15, 0.2) is 11.5 Å². The molecule has 1 aromatic carbocycles. The molecule has 2 heterocycles. The number of ether oxygens (including phenoxy) is 3. The number of benzene rings is 1. The highest BCUT2D eigenvalue weighted by atomic mass is 19.4. The fourth-order valence-corrected chi connectivity index (χ4v) is 3.32. The summed E-state index contributed by atoms with van der Waals surface area (Å²) in [5, 5.41) is 2.49. The molecule has 1 unspecified atom stereocenters. The first-order valence-electron chi connectivity index (χ1n) is 10.4. The van der Waals surface area contributed by atoms with Crippen molar-refractivity contribution in [1.29, 1.82) is 0 Å². The van der Waals surface area contributed by atoms with E-state index < -0.39 is 42.2 Å². The number of anilines is 1. The van der Waals surface area contributed by atoms with Crippen LogP contribution in [0.3, 0.4) is 0 Å². The number of nitrogens with one attached hydrogen (secondary N) is 1. The van der Waals surface area contributed by atoms with Crippen LogP contribution in [0.1, 0.15) is 38.9 Å². The number of alkyl halides is 5. The average molecular weight is 524 g/mol. The SMILES string of the molecule is COc1cc(OC(F)(F)F)ccc1Oc1cc(C2CC2(F)F)ncc1C(=O)Nc1ccnc(C(N)=O)c1. The summed E-state index contributed by atoms with van der Waals surface area (Å²) in [5.74, 6) is -6.92. The Morgan fingerprint density at radius 3 is 2.43 bits per heavy atom. The van der Waals surface area contributed by atoms with Crippen LogP contribution >= 0.6 is 0 Å². The van der Waals surface area contributed by atoms with Crippen LogP contribution in [0.4, 0.5) is 27.6 Å². The molecule has 3 N–H and O–H groups in total. The Balaban J connectivity index is 1.67. The molecule has 0 spiro atoms. The van der Waals surface area contributed by atoms with E-state index in [0.717, 1.165) is 37.6 Å². The number of pyridine rings is 2. The van der Waals surface area contributed by atoms with Crippen LogP contribution in [0.15, 0.2) is 48.8 Å². The summed E-state index contributed by atoms with van der Waals surface area (Å²) < 4.78 is 79.7. The first-order valence-corrected chi connectivity index (χ1v) is 10.4. The van der Waals surface area contributed by atoms with Crippen molar-refractivity contribution in [1.82, 2.24) is 9.97 Å². The van der Waals surface area contributed by atoms with Gasteiger partial charge in [0.1, 0.15) is 22.8 Å². The number of amides is 2. The first-order chi connectivity index (χ1) is 17.4. The highest BCUT2D eigenvalue weighted by Crippen LogP contribution is 2.55. The molecular formula is C23H17F5N4O5. The lowest BCUT2D eigenvalue weighted by Crippen LogP contribution is -2.17. The van der Waals surface area contributed by atoms with E-state index in [0.29, 0.717) is 0 Å². The van der Waals surface area contributed by atoms with Gasteiger partial charge in [0.2, 0.25) is 0 Å². The lowest BCUT2D eigenvalue weighted by Gasteiger charge is -2.16. The van der Waals surface area contributed by atoms with Crippen molar-refractivity contribution in [2.75, 3.05) is 12.4 Å². The van der Waals surface area contributed by atoms with Crippen LogP contribution in [0.5, 0.6) is 23.0 Å². The Labute approximate surface area is 205 Å². The van der Waals surface area contributed by atoms with E-state index in [1.54, 1.807) is 0 Å². The van der Waals surface area contributed by atoms with Crippen molar-refractivity contribution < 1.29 is 45.8 Å². The van der Waals surface area contributed by atoms with Gasteiger partial charge in [-0.15, -0.1) is 13.2 Å². The third kappa shape index (κ3) is 6.02. The monoisotopic (exact) mass is 524 g/mol. The number of methoxy groups -OCH3 is 1. The van der Waals surface area contributed by atoms with Gasteiger partial charge in [-0.05, 0) is 24.3 Å². The zero-order valence-corrected chi connectivity index (χ0v) is 18.8. The maximum Gasteiger partial charge on any atom is 0.573 e. The van der Waals surface area contributed by atoms with Crippen LogP contribution in [0.2, 0.25) is 0 Å². The number of carbonyl (C=O) groups is 2. The van der Waals surface area contributed by atoms with Gasteiger partial charge < -0.3 is 25.3 Å². The van der Waals surface area contributed by atoms with Crippen molar-refractivity contribution in [2.45, 2.75) is 24.6 Å². The van der Waals surface area contributed by atoms with E-state index >= 15 is 0 Å². The van der Waals surface area contributed by atoms with Gasteiger partial charge in [0, 0.05) is 36.6 Å². The number of hydrogen-bond donors (Lipinski definition) is 2. The molecule has 0 aliphatic heterocycles. The number of halogens is 5. The Morgan fingerprint density at radius 1 is 1.08 bits per heavy atom. The summed E-state index contributed by atoms with van der Waals surface area (Å²) in [5.41, 5.74) is 4.96. The molecule has 1 aliphatic carbocycles. The number of rotatable bonds is 8. The summed E-state index contributed by atoms with van der Waals surface area (Å²) in [7, 11) is 1.16.